The largest absolute Gasteiger partial charge is 0.415 e. The molecular weight excluding hydrogens is 528 g/mol. The highest BCUT2D eigenvalue weighted by Crippen LogP contribution is 2.36. The van der Waals surface area contributed by atoms with Crippen LogP contribution in [0.1, 0.15) is 38.4 Å². The van der Waals surface area contributed by atoms with E-state index in [-0.39, 0.29) is 5.04 Å². The first-order valence-corrected chi connectivity index (χ1v) is 18.4. The van der Waals surface area contributed by atoms with E-state index in [2.05, 4.69) is 98.6 Å². The molecule has 0 amide bonds. The molecule has 9 heteroatoms. The maximum atomic E-state index is 6.62. The number of aromatic nitrogens is 2. The van der Waals surface area contributed by atoms with E-state index >= 15 is 0 Å². The van der Waals surface area contributed by atoms with E-state index in [9.17, 15) is 0 Å². The van der Waals surface area contributed by atoms with Gasteiger partial charge < -0.3 is 23.9 Å². The van der Waals surface area contributed by atoms with Gasteiger partial charge in [-0.25, -0.2) is 9.97 Å². The Kier molecular flexibility index (Phi) is 10.8. The summed E-state index contributed by atoms with van der Waals surface area (Å²) >= 11 is 0. The Morgan fingerprint density at radius 3 is 2.22 bits per heavy atom. The quantitative estimate of drug-likeness (QED) is 0.341. The molecular formula is C32H54N6O2Si. The van der Waals surface area contributed by atoms with Crippen LogP contribution in [0.3, 0.4) is 0 Å². The van der Waals surface area contributed by atoms with Crippen LogP contribution in [0.4, 0.5) is 11.5 Å². The normalized spacial score (nSPS) is 17.7. The predicted octanol–water partition coefficient (Wildman–Crippen LogP) is 5.06. The molecule has 1 aromatic carbocycles. The molecule has 3 heterocycles. The van der Waals surface area contributed by atoms with Crippen molar-refractivity contribution in [1.82, 2.24) is 19.8 Å². The Balaban J connectivity index is 1.52. The number of likely N-dealkylation sites (N-methyl/N-ethyl adjacent to an activating group) is 1. The van der Waals surface area contributed by atoms with Crippen molar-refractivity contribution >= 4 is 19.8 Å². The summed E-state index contributed by atoms with van der Waals surface area (Å²) in [6, 6.07) is 8.83. The summed E-state index contributed by atoms with van der Waals surface area (Å²) in [4.78, 5) is 20.0. The summed E-state index contributed by atoms with van der Waals surface area (Å²) in [6.45, 7) is 27.5. The number of morpholine rings is 1. The molecule has 4 rings (SSSR count). The highest BCUT2D eigenvalue weighted by atomic mass is 28.4. The van der Waals surface area contributed by atoms with Crippen LogP contribution >= 0.6 is 0 Å². The van der Waals surface area contributed by atoms with Gasteiger partial charge in [-0.05, 0) is 69.7 Å². The van der Waals surface area contributed by atoms with Crippen molar-refractivity contribution < 1.29 is 9.16 Å². The van der Waals surface area contributed by atoms with E-state index in [0.29, 0.717) is 6.61 Å². The van der Waals surface area contributed by atoms with Crippen LogP contribution in [-0.4, -0.2) is 114 Å². The standard InChI is InChI=1S/C32H54N6O2Si/c1-26-27(2)33-30(28-10-12-29(13-11-28)37-18-16-35(6)17-19-37)34-31(26)38(15-9-14-36-20-23-39-24-21-36)22-25-40-41(7,8)32(3,4)5/h10-13H,9,14-25H2,1-8H3. The third-order valence-corrected chi connectivity index (χ3v) is 13.8. The van der Waals surface area contributed by atoms with E-state index in [1.165, 1.54) is 5.69 Å². The molecule has 8 nitrogen and oxygen atoms in total. The molecule has 0 bridgehead atoms. The molecule has 1 aromatic heterocycles. The second kappa shape index (κ2) is 14.0. The number of piperazine rings is 1. The van der Waals surface area contributed by atoms with Gasteiger partial charge in [-0.3, -0.25) is 4.90 Å². The van der Waals surface area contributed by atoms with E-state index in [0.717, 1.165) is 107 Å². The van der Waals surface area contributed by atoms with Gasteiger partial charge in [0, 0.05) is 81.4 Å². The van der Waals surface area contributed by atoms with Crippen molar-refractivity contribution in [2.75, 3.05) is 95.6 Å². The van der Waals surface area contributed by atoms with E-state index in [1.54, 1.807) is 0 Å². The van der Waals surface area contributed by atoms with Gasteiger partial charge in [0.05, 0.1) is 19.8 Å². The minimum atomic E-state index is -1.83. The third-order valence-electron chi connectivity index (χ3n) is 9.29. The zero-order valence-electron chi connectivity index (χ0n) is 27.0. The number of nitrogens with zero attached hydrogens (tertiary/aromatic N) is 6. The fourth-order valence-electron chi connectivity index (χ4n) is 5.20. The molecule has 228 valence electrons. The SMILES string of the molecule is Cc1nc(-c2ccc(N3CCN(C)CC3)cc2)nc(N(CCCN2CCOCC2)CCO[Si](C)(C)C(C)(C)C)c1C. The number of aryl methyl sites for hydroxylation is 1. The molecule has 0 N–H and O–H groups in total. The van der Waals surface area contributed by atoms with Crippen molar-refractivity contribution in [3.8, 4) is 11.4 Å². The van der Waals surface area contributed by atoms with Gasteiger partial charge in [0.2, 0.25) is 0 Å². The number of ether oxygens (including phenoxy) is 1. The predicted molar refractivity (Wildman–Crippen MR) is 174 cm³/mol. The highest BCUT2D eigenvalue weighted by molar-refractivity contribution is 6.74. The average molecular weight is 583 g/mol. The molecule has 41 heavy (non-hydrogen) atoms. The van der Waals surface area contributed by atoms with Crippen LogP contribution < -0.4 is 9.80 Å². The fourth-order valence-corrected chi connectivity index (χ4v) is 6.23. The lowest BCUT2D eigenvalue weighted by atomic mass is 10.1. The number of hydrogen-bond acceptors (Lipinski definition) is 8. The van der Waals surface area contributed by atoms with Crippen molar-refractivity contribution in [3.63, 3.8) is 0 Å². The van der Waals surface area contributed by atoms with Crippen molar-refractivity contribution in [3.05, 3.63) is 35.5 Å². The van der Waals surface area contributed by atoms with E-state index in [4.69, 9.17) is 19.1 Å². The lowest BCUT2D eigenvalue weighted by Gasteiger charge is -2.37. The second-order valence-corrected chi connectivity index (χ2v) is 18.1. The van der Waals surface area contributed by atoms with Gasteiger partial charge >= 0.3 is 0 Å². The summed E-state index contributed by atoms with van der Waals surface area (Å²) < 4.78 is 12.2. The van der Waals surface area contributed by atoms with Crippen LogP contribution in [0, 0.1) is 13.8 Å². The van der Waals surface area contributed by atoms with Crippen molar-refractivity contribution in [2.45, 2.75) is 59.2 Å². The van der Waals surface area contributed by atoms with Crippen molar-refractivity contribution in [2.24, 2.45) is 0 Å². The summed E-state index contributed by atoms with van der Waals surface area (Å²) in [6.07, 6.45) is 1.08. The number of hydrogen-bond donors (Lipinski definition) is 0. The Morgan fingerprint density at radius 1 is 0.927 bits per heavy atom. The van der Waals surface area contributed by atoms with Gasteiger partial charge in [-0.2, -0.15) is 0 Å². The van der Waals surface area contributed by atoms with Crippen LogP contribution in [0.2, 0.25) is 18.1 Å². The Labute approximate surface area is 250 Å². The van der Waals surface area contributed by atoms with Gasteiger partial charge in [0.1, 0.15) is 5.82 Å². The molecule has 2 saturated heterocycles. The zero-order chi connectivity index (χ0) is 29.6. The molecule has 0 radical (unpaired) electrons. The molecule has 2 aromatic rings. The second-order valence-electron chi connectivity index (χ2n) is 13.3. The molecule has 2 aliphatic heterocycles. The van der Waals surface area contributed by atoms with Crippen LogP contribution in [0.15, 0.2) is 24.3 Å². The van der Waals surface area contributed by atoms with Gasteiger partial charge in [-0.15, -0.1) is 0 Å². The minimum absolute atomic E-state index is 0.193. The van der Waals surface area contributed by atoms with Gasteiger partial charge in [0.15, 0.2) is 14.1 Å². The Bertz CT molecular complexity index is 1110. The lowest BCUT2D eigenvalue weighted by molar-refractivity contribution is 0.0376. The van der Waals surface area contributed by atoms with E-state index in [1.807, 2.05) is 0 Å². The topological polar surface area (TPSA) is 57.2 Å². The number of rotatable bonds is 11. The molecule has 0 aliphatic carbocycles. The maximum absolute atomic E-state index is 6.62. The van der Waals surface area contributed by atoms with Crippen LogP contribution in [0.5, 0.6) is 0 Å². The molecule has 0 atom stereocenters. The third kappa shape index (κ3) is 8.51. The molecule has 0 saturated carbocycles. The monoisotopic (exact) mass is 582 g/mol. The lowest BCUT2D eigenvalue weighted by Crippen LogP contribution is -2.44. The Morgan fingerprint density at radius 2 is 1.59 bits per heavy atom. The minimum Gasteiger partial charge on any atom is -0.415 e. The molecule has 2 fully saturated rings. The van der Waals surface area contributed by atoms with Crippen LogP contribution in [0.25, 0.3) is 11.4 Å². The first-order valence-electron chi connectivity index (χ1n) is 15.5. The van der Waals surface area contributed by atoms with Crippen LogP contribution in [-0.2, 0) is 9.16 Å². The number of anilines is 2. The summed E-state index contributed by atoms with van der Waals surface area (Å²) in [5.74, 6) is 1.84. The summed E-state index contributed by atoms with van der Waals surface area (Å²) in [5, 5.41) is 0.193. The van der Waals surface area contributed by atoms with Gasteiger partial charge in [0.25, 0.3) is 0 Å². The average Bonchev–Trinajstić information content (AvgIpc) is 2.94. The first kappa shape index (κ1) is 31.9. The molecule has 2 aliphatic rings. The van der Waals surface area contributed by atoms with E-state index < -0.39 is 8.32 Å². The fraction of sp³-hybridized carbons (Fsp3) is 0.688. The highest BCUT2D eigenvalue weighted by Gasteiger charge is 2.37. The maximum Gasteiger partial charge on any atom is 0.192 e. The molecule has 0 spiro atoms. The number of benzene rings is 1. The summed E-state index contributed by atoms with van der Waals surface area (Å²) in [7, 11) is 0.364. The van der Waals surface area contributed by atoms with Crippen molar-refractivity contribution in [1.29, 1.82) is 0 Å². The van der Waals surface area contributed by atoms with Gasteiger partial charge in [-0.1, -0.05) is 20.8 Å². The summed E-state index contributed by atoms with van der Waals surface area (Å²) in [5.41, 5.74) is 4.54. The zero-order valence-corrected chi connectivity index (χ0v) is 28.0. The molecule has 0 unspecified atom stereocenters. The first-order chi connectivity index (χ1) is 19.4. The smallest absolute Gasteiger partial charge is 0.192 e. The Hall–Kier alpha value is -2.04.